The van der Waals surface area contributed by atoms with Crippen LogP contribution in [0, 0.1) is 0 Å². The van der Waals surface area contributed by atoms with Crippen molar-refractivity contribution in [2.24, 2.45) is 5.10 Å². The maximum absolute atomic E-state index is 4.49. The Balaban J connectivity index is 1.63. The molecule has 0 fully saturated rings. The molecule has 0 saturated heterocycles. The summed E-state index contributed by atoms with van der Waals surface area (Å²) >= 11 is 0. The molecule has 1 N–H and O–H groups in total. The lowest BCUT2D eigenvalue weighted by Gasteiger charge is -2.05. The maximum Gasteiger partial charge on any atom is 0.185 e. The number of rotatable bonds is 4. The minimum atomic E-state index is 0.659. The monoisotopic (exact) mass is 328 g/mol. The van der Waals surface area contributed by atoms with Gasteiger partial charge in [0.25, 0.3) is 0 Å². The molecule has 4 rings (SSSR count). The van der Waals surface area contributed by atoms with E-state index in [2.05, 4.69) is 44.0 Å². The molecule has 122 valence electrons. The Bertz CT molecular complexity index is 1080. The summed E-state index contributed by atoms with van der Waals surface area (Å²) in [7, 11) is 0. The van der Waals surface area contributed by atoms with E-state index in [1.807, 2.05) is 49.4 Å². The van der Waals surface area contributed by atoms with Crippen molar-refractivity contribution in [3.8, 4) is 0 Å². The molecule has 0 saturated carbocycles. The summed E-state index contributed by atoms with van der Waals surface area (Å²) in [4.78, 5) is 0. The van der Waals surface area contributed by atoms with Crippen molar-refractivity contribution >= 4 is 34.5 Å². The first-order chi connectivity index (χ1) is 12.3. The molecule has 0 unspecified atom stereocenters. The van der Waals surface area contributed by atoms with Gasteiger partial charge in [0, 0.05) is 10.8 Å². The van der Waals surface area contributed by atoms with Crippen molar-refractivity contribution in [3.63, 3.8) is 0 Å². The van der Waals surface area contributed by atoms with Gasteiger partial charge in [0.2, 0.25) is 0 Å². The Morgan fingerprint density at radius 1 is 1.04 bits per heavy atom. The van der Waals surface area contributed by atoms with E-state index in [4.69, 9.17) is 0 Å². The Hall–Kier alpha value is -3.54. The molecular weight excluding hydrogens is 312 g/mol. The van der Waals surface area contributed by atoms with E-state index < -0.39 is 0 Å². The number of nitrogens with zero attached hydrogens (tertiary/aromatic N) is 5. The van der Waals surface area contributed by atoms with Gasteiger partial charge < -0.3 is 0 Å². The molecule has 0 aliphatic rings. The molecule has 0 bridgehead atoms. The highest BCUT2D eigenvalue weighted by molar-refractivity contribution is 6.00. The van der Waals surface area contributed by atoms with E-state index in [9.17, 15) is 0 Å². The number of anilines is 1. The fourth-order valence-corrected chi connectivity index (χ4v) is 2.65. The van der Waals surface area contributed by atoms with Crippen LogP contribution in [0.25, 0.3) is 22.5 Å². The van der Waals surface area contributed by atoms with E-state index >= 15 is 0 Å². The van der Waals surface area contributed by atoms with Crippen LogP contribution in [0.4, 0.5) is 5.82 Å². The van der Waals surface area contributed by atoms with Crippen LogP contribution >= 0.6 is 0 Å². The maximum atomic E-state index is 4.49. The van der Waals surface area contributed by atoms with Gasteiger partial charge in [0.15, 0.2) is 11.5 Å². The van der Waals surface area contributed by atoms with E-state index in [0.29, 0.717) is 5.82 Å². The van der Waals surface area contributed by atoms with Crippen molar-refractivity contribution in [1.82, 2.24) is 19.8 Å². The fraction of sp³-hybridized carbons (Fsp3) is 0.0526. The normalized spacial score (nSPS) is 12.3. The Morgan fingerprint density at radius 3 is 2.64 bits per heavy atom. The summed E-state index contributed by atoms with van der Waals surface area (Å²) in [6.07, 6.45) is 5.43. The molecule has 4 aromatic rings. The summed E-state index contributed by atoms with van der Waals surface area (Å²) < 4.78 is 1.65. The Labute approximate surface area is 144 Å². The van der Waals surface area contributed by atoms with Crippen LogP contribution in [0.3, 0.4) is 0 Å². The number of hydrazone groups is 1. The number of hydrogen-bond acceptors (Lipinski definition) is 5. The zero-order valence-electron chi connectivity index (χ0n) is 13.7. The molecule has 0 amide bonds. The van der Waals surface area contributed by atoms with E-state index in [-0.39, 0.29) is 0 Å². The van der Waals surface area contributed by atoms with Crippen molar-refractivity contribution < 1.29 is 0 Å². The standard InChI is InChI=1S/C19H16N6/c1-14(11-15-7-3-2-4-8-15)12-20-22-18-16-9-5-6-10-17(16)19-23-21-13-25(19)24-18/h2-13H,1H3,(H,22,24)/b14-11-,20-12-. The van der Waals surface area contributed by atoms with Gasteiger partial charge in [-0.25, -0.2) is 0 Å². The van der Waals surface area contributed by atoms with Crippen molar-refractivity contribution in [3.05, 3.63) is 72.1 Å². The minimum absolute atomic E-state index is 0.659. The smallest absolute Gasteiger partial charge is 0.185 e. The SMILES string of the molecule is CC(/C=N\Nc1nn2cnnc2c2ccccc12)=C/c1ccccc1. The van der Waals surface area contributed by atoms with Gasteiger partial charge in [-0.15, -0.1) is 15.3 Å². The first-order valence-electron chi connectivity index (χ1n) is 7.92. The summed E-state index contributed by atoms with van der Waals surface area (Å²) in [5.74, 6) is 0.659. The van der Waals surface area contributed by atoms with Crippen LogP contribution in [0.15, 0.2) is 71.6 Å². The minimum Gasteiger partial charge on any atom is -0.259 e. The van der Waals surface area contributed by atoms with Gasteiger partial charge in [0.1, 0.15) is 6.33 Å². The van der Waals surface area contributed by atoms with Gasteiger partial charge in [-0.2, -0.15) is 9.62 Å². The van der Waals surface area contributed by atoms with Gasteiger partial charge in [-0.3, -0.25) is 5.43 Å². The molecule has 2 heterocycles. The molecule has 0 aliphatic heterocycles. The highest BCUT2D eigenvalue weighted by atomic mass is 15.4. The lowest BCUT2D eigenvalue weighted by molar-refractivity contribution is 0.934. The topological polar surface area (TPSA) is 67.5 Å². The highest BCUT2D eigenvalue weighted by Gasteiger charge is 2.08. The molecular formula is C19H16N6. The number of nitrogens with one attached hydrogen (secondary N) is 1. The van der Waals surface area contributed by atoms with Gasteiger partial charge >= 0.3 is 0 Å². The predicted octanol–water partition coefficient (Wildman–Crippen LogP) is 3.78. The third-order valence-corrected chi connectivity index (χ3v) is 3.79. The lowest BCUT2D eigenvalue weighted by atomic mass is 10.1. The number of hydrogen-bond donors (Lipinski definition) is 1. The summed E-state index contributed by atoms with van der Waals surface area (Å²) in [5, 5.41) is 18.8. The van der Waals surface area contributed by atoms with Crippen LogP contribution in [-0.4, -0.2) is 26.0 Å². The average Bonchev–Trinajstić information content (AvgIpc) is 3.11. The number of fused-ring (bicyclic) bond motifs is 3. The molecule has 2 aromatic heterocycles. The zero-order valence-corrected chi connectivity index (χ0v) is 13.7. The molecule has 6 nitrogen and oxygen atoms in total. The molecule has 2 aromatic carbocycles. The molecule has 0 spiro atoms. The average molecular weight is 328 g/mol. The van der Waals surface area contributed by atoms with Crippen molar-refractivity contribution in [1.29, 1.82) is 0 Å². The van der Waals surface area contributed by atoms with Crippen LogP contribution in [0.2, 0.25) is 0 Å². The third kappa shape index (κ3) is 3.10. The Kier molecular flexibility index (Phi) is 3.92. The zero-order chi connectivity index (χ0) is 17.1. The predicted molar refractivity (Wildman–Crippen MR) is 100 cm³/mol. The lowest BCUT2D eigenvalue weighted by Crippen LogP contribution is -2.00. The van der Waals surface area contributed by atoms with Crippen molar-refractivity contribution in [2.45, 2.75) is 6.92 Å². The summed E-state index contributed by atoms with van der Waals surface area (Å²) in [6.45, 7) is 2.01. The van der Waals surface area contributed by atoms with Crippen LogP contribution in [-0.2, 0) is 0 Å². The number of benzene rings is 2. The fourth-order valence-electron chi connectivity index (χ4n) is 2.65. The number of aromatic nitrogens is 4. The summed E-state index contributed by atoms with van der Waals surface area (Å²) in [6, 6.07) is 18.1. The van der Waals surface area contributed by atoms with Gasteiger partial charge in [-0.1, -0.05) is 60.7 Å². The van der Waals surface area contributed by atoms with Crippen LogP contribution < -0.4 is 5.43 Å². The second kappa shape index (κ2) is 6.52. The van der Waals surface area contributed by atoms with Gasteiger partial charge in [0.05, 0.1) is 6.21 Å². The van der Waals surface area contributed by atoms with Crippen molar-refractivity contribution in [2.75, 3.05) is 5.43 Å². The van der Waals surface area contributed by atoms with E-state index in [1.165, 1.54) is 0 Å². The van der Waals surface area contributed by atoms with Crippen LogP contribution in [0.1, 0.15) is 12.5 Å². The highest BCUT2D eigenvalue weighted by Crippen LogP contribution is 2.23. The molecule has 6 heteroatoms. The van der Waals surface area contributed by atoms with E-state index in [0.717, 1.165) is 27.6 Å². The quantitative estimate of drug-likeness (QED) is 0.457. The number of allylic oxidation sites excluding steroid dienone is 1. The van der Waals surface area contributed by atoms with E-state index in [1.54, 1.807) is 17.1 Å². The molecule has 0 radical (unpaired) electrons. The third-order valence-electron chi connectivity index (χ3n) is 3.79. The molecule has 0 atom stereocenters. The van der Waals surface area contributed by atoms with Crippen LogP contribution in [0.5, 0.6) is 0 Å². The largest absolute Gasteiger partial charge is 0.259 e. The second-order valence-electron chi connectivity index (χ2n) is 5.66. The second-order valence-corrected chi connectivity index (χ2v) is 5.66. The van der Waals surface area contributed by atoms with Gasteiger partial charge in [-0.05, 0) is 18.1 Å². The first-order valence-corrected chi connectivity index (χ1v) is 7.92. The Morgan fingerprint density at radius 2 is 1.80 bits per heavy atom. The molecule has 25 heavy (non-hydrogen) atoms. The summed E-state index contributed by atoms with van der Waals surface area (Å²) in [5.41, 5.74) is 5.93. The first kappa shape index (κ1) is 15.0. The molecule has 0 aliphatic carbocycles.